The second-order valence-electron chi connectivity index (χ2n) is 6.17. The van der Waals surface area contributed by atoms with E-state index in [1.807, 2.05) is 0 Å². The number of rotatable bonds is 9. The maximum absolute atomic E-state index is 13.6. The fraction of sp³-hybridized carbons (Fsp3) is 0.286. The molecule has 7 nitrogen and oxygen atoms in total. The largest absolute Gasteiger partial charge is 0.497 e. The number of hydrogen-bond donors (Lipinski definition) is 1. The van der Waals surface area contributed by atoms with E-state index in [-0.39, 0.29) is 24.2 Å². The van der Waals surface area contributed by atoms with Crippen LogP contribution >= 0.6 is 7.60 Å². The lowest BCUT2D eigenvalue weighted by Crippen LogP contribution is -2.22. The fourth-order valence-electron chi connectivity index (χ4n) is 3.00. The molecule has 1 aromatic heterocycles. The Morgan fingerprint density at radius 2 is 1.69 bits per heavy atom. The highest BCUT2D eigenvalue weighted by molar-refractivity contribution is 7.54. The zero-order valence-corrected chi connectivity index (χ0v) is 17.5. The van der Waals surface area contributed by atoms with E-state index < -0.39 is 13.4 Å². The zero-order valence-electron chi connectivity index (χ0n) is 16.6. The summed E-state index contributed by atoms with van der Waals surface area (Å²) in [6.45, 7) is 3.77. The van der Waals surface area contributed by atoms with Crippen molar-refractivity contribution in [2.75, 3.05) is 25.6 Å². The van der Waals surface area contributed by atoms with Crippen LogP contribution in [0.4, 0.5) is 5.69 Å². The molecule has 1 heterocycles. The summed E-state index contributed by atoms with van der Waals surface area (Å²) >= 11 is 0. The summed E-state index contributed by atoms with van der Waals surface area (Å²) in [6, 6.07) is 13.9. The van der Waals surface area contributed by atoms with E-state index in [9.17, 15) is 9.36 Å². The van der Waals surface area contributed by atoms with Crippen LogP contribution in [0, 0.1) is 0 Å². The summed E-state index contributed by atoms with van der Waals surface area (Å²) < 4.78 is 35.5. The van der Waals surface area contributed by atoms with E-state index in [1.165, 1.54) is 6.26 Å². The normalized spacial score (nSPS) is 12.7. The standard InChI is InChI=1S/C21H24NO6P/c1-4-27-29(24,28-5-2)21(22-15-10-12-16(25-3)13-11-15)18-14-26-19-9-7-6-8-17(19)20(18)23/h6-14,21-22H,4-5H2,1-3H3. The van der Waals surface area contributed by atoms with Gasteiger partial charge in [0, 0.05) is 5.69 Å². The van der Waals surface area contributed by atoms with Gasteiger partial charge in [-0.05, 0) is 50.2 Å². The van der Waals surface area contributed by atoms with Crippen molar-refractivity contribution in [2.45, 2.75) is 19.6 Å². The summed E-state index contributed by atoms with van der Waals surface area (Å²) in [7, 11) is -2.17. The molecule has 0 spiro atoms. The number of benzene rings is 2. The van der Waals surface area contributed by atoms with Crippen molar-refractivity contribution >= 4 is 24.3 Å². The second kappa shape index (κ2) is 9.27. The van der Waals surface area contributed by atoms with Gasteiger partial charge in [-0.1, -0.05) is 12.1 Å². The number of anilines is 1. The molecule has 8 heteroatoms. The molecule has 3 aromatic rings. The van der Waals surface area contributed by atoms with Crippen LogP contribution in [0.3, 0.4) is 0 Å². The molecule has 0 aliphatic carbocycles. The van der Waals surface area contributed by atoms with Crippen molar-refractivity contribution in [1.29, 1.82) is 0 Å². The summed E-state index contributed by atoms with van der Waals surface area (Å²) in [5.41, 5.74) is 0.956. The van der Waals surface area contributed by atoms with Gasteiger partial charge < -0.3 is 23.5 Å². The summed E-state index contributed by atoms with van der Waals surface area (Å²) in [4.78, 5) is 13.2. The maximum atomic E-state index is 13.6. The first-order valence-electron chi connectivity index (χ1n) is 9.32. The molecule has 3 rings (SSSR count). The van der Waals surface area contributed by atoms with Crippen LogP contribution in [0.2, 0.25) is 0 Å². The Balaban J connectivity index is 2.12. The molecule has 1 unspecified atom stereocenters. The van der Waals surface area contributed by atoms with Gasteiger partial charge in [0.1, 0.15) is 17.6 Å². The summed E-state index contributed by atoms with van der Waals surface area (Å²) in [5.74, 6) is -0.369. The SMILES string of the molecule is CCOP(=O)(OCC)C(Nc1ccc(OC)cc1)c1coc2ccccc2c1=O. The molecule has 154 valence electrons. The molecule has 29 heavy (non-hydrogen) atoms. The molecule has 1 atom stereocenters. The Bertz CT molecular complexity index is 1050. The van der Waals surface area contributed by atoms with E-state index in [0.717, 1.165) is 0 Å². The third-order valence-electron chi connectivity index (χ3n) is 4.33. The first kappa shape index (κ1) is 21.1. The van der Waals surface area contributed by atoms with E-state index in [4.69, 9.17) is 18.2 Å². The minimum absolute atomic E-state index is 0.164. The first-order valence-corrected chi connectivity index (χ1v) is 10.9. The lowest BCUT2D eigenvalue weighted by Gasteiger charge is -2.27. The topological polar surface area (TPSA) is 87.0 Å². The quantitative estimate of drug-likeness (QED) is 0.480. The van der Waals surface area contributed by atoms with E-state index >= 15 is 0 Å². The van der Waals surface area contributed by atoms with Crippen molar-refractivity contribution in [2.24, 2.45) is 0 Å². The molecule has 0 saturated heterocycles. The molecule has 0 bridgehead atoms. The first-order chi connectivity index (χ1) is 14.0. The minimum atomic E-state index is -3.74. The molecular weight excluding hydrogens is 393 g/mol. The highest BCUT2D eigenvalue weighted by Gasteiger charge is 2.39. The molecule has 0 amide bonds. The molecule has 0 radical (unpaired) electrons. The number of fused-ring (bicyclic) bond motifs is 1. The second-order valence-corrected chi connectivity index (χ2v) is 8.28. The third kappa shape index (κ3) is 4.53. The third-order valence-corrected chi connectivity index (χ3v) is 6.60. The van der Waals surface area contributed by atoms with Crippen molar-refractivity contribution in [3.8, 4) is 5.75 Å². The number of hydrogen-bond acceptors (Lipinski definition) is 7. The zero-order chi connectivity index (χ0) is 20.9. The number of para-hydroxylation sites is 1. The van der Waals surface area contributed by atoms with Crippen LogP contribution in [-0.4, -0.2) is 20.3 Å². The van der Waals surface area contributed by atoms with Gasteiger partial charge in [-0.15, -0.1) is 0 Å². The molecule has 0 aliphatic rings. The van der Waals surface area contributed by atoms with Crippen LogP contribution in [0.15, 0.2) is 64.0 Å². The lowest BCUT2D eigenvalue weighted by molar-refractivity contribution is 0.214. The van der Waals surface area contributed by atoms with Crippen molar-refractivity contribution in [3.05, 3.63) is 70.6 Å². The molecular formula is C21H24NO6P. The van der Waals surface area contributed by atoms with Gasteiger partial charge >= 0.3 is 7.60 Å². The molecule has 0 saturated carbocycles. The smallest absolute Gasteiger partial charge is 0.357 e. The molecule has 1 N–H and O–H groups in total. The van der Waals surface area contributed by atoms with Gasteiger partial charge in [0.25, 0.3) is 0 Å². The van der Waals surface area contributed by atoms with Gasteiger partial charge in [-0.2, -0.15) is 0 Å². The van der Waals surface area contributed by atoms with E-state index in [1.54, 1.807) is 69.5 Å². The van der Waals surface area contributed by atoms with Crippen LogP contribution in [0.1, 0.15) is 25.2 Å². The van der Waals surface area contributed by atoms with Gasteiger partial charge in [0.05, 0.1) is 31.3 Å². The van der Waals surface area contributed by atoms with Crippen molar-refractivity contribution in [1.82, 2.24) is 0 Å². The van der Waals surface area contributed by atoms with Gasteiger partial charge in [-0.3, -0.25) is 9.36 Å². The average Bonchev–Trinajstić information content (AvgIpc) is 2.74. The van der Waals surface area contributed by atoms with Gasteiger partial charge in [0.2, 0.25) is 0 Å². The Labute approximate surface area is 169 Å². The predicted molar refractivity (Wildman–Crippen MR) is 113 cm³/mol. The van der Waals surface area contributed by atoms with Crippen LogP contribution in [-0.2, 0) is 13.6 Å². The predicted octanol–water partition coefficient (Wildman–Crippen LogP) is 5.18. The van der Waals surface area contributed by atoms with Crippen molar-refractivity contribution < 1.29 is 22.8 Å². The number of ether oxygens (including phenoxy) is 1. The average molecular weight is 417 g/mol. The molecule has 2 aromatic carbocycles. The van der Waals surface area contributed by atoms with E-state index in [2.05, 4.69) is 5.32 Å². The fourth-order valence-corrected chi connectivity index (χ4v) is 4.92. The minimum Gasteiger partial charge on any atom is -0.497 e. The Hall–Kier alpha value is -2.60. The van der Waals surface area contributed by atoms with Crippen LogP contribution in [0.5, 0.6) is 5.75 Å². The Morgan fingerprint density at radius 1 is 1.03 bits per heavy atom. The molecule has 0 fully saturated rings. The lowest BCUT2D eigenvalue weighted by atomic mass is 10.1. The molecule has 0 aliphatic heterocycles. The van der Waals surface area contributed by atoms with Crippen molar-refractivity contribution in [3.63, 3.8) is 0 Å². The van der Waals surface area contributed by atoms with Gasteiger partial charge in [-0.25, -0.2) is 0 Å². The number of nitrogens with one attached hydrogen (secondary N) is 1. The van der Waals surface area contributed by atoms with E-state index in [0.29, 0.717) is 22.4 Å². The summed E-state index contributed by atoms with van der Waals surface area (Å²) in [5, 5.41) is 3.53. The Morgan fingerprint density at radius 3 is 2.31 bits per heavy atom. The summed E-state index contributed by atoms with van der Waals surface area (Å²) in [6.07, 6.45) is 1.32. The van der Waals surface area contributed by atoms with Gasteiger partial charge in [0.15, 0.2) is 11.2 Å². The number of methoxy groups -OCH3 is 1. The van der Waals surface area contributed by atoms with Crippen LogP contribution < -0.4 is 15.5 Å². The monoisotopic (exact) mass is 417 g/mol. The Kier molecular flexibility index (Phi) is 6.75. The maximum Gasteiger partial charge on any atom is 0.357 e. The highest BCUT2D eigenvalue weighted by atomic mass is 31.2. The van der Waals surface area contributed by atoms with Crippen LogP contribution in [0.25, 0.3) is 11.0 Å². The highest BCUT2D eigenvalue weighted by Crippen LogP contribution is 2.60.